The monoisotopic (exact) mass is 528 g/mol. The minimum absolute atomic E-state index is 0.118. The van der Waals surface area contributed by atoms with Gasteiger partial charge in [-0.3, -0.25) is 9.59 Å². The lowest BCUT2D eigenvalue weighted by molar-refractivity contribution is -0.124. The SMILES string of the molecule is COc1c2c(c(Br)c3c1OCO3)CCN(C)C(C(=O)c1cccc(NC(=O)C3CCCO3)c1)=C2. The van der Waals surface area contributed by atoms with Crippen LogP contribution in [0.25, 0.3) is 6.08 Å². The lowest BCUT2D eigenvalue weighted by Gasteiger charge is -2.20. The van der Waals surface area contributed by atoms with Crippen LogP contribution in [0.5, 0.6) is 17.2 Å². The minimum Gasteiger partial charge on any atom is -0.492 e. The van der Waals surface area contributed by atoms with Crippen molar-refractivity contribution in [1.29, 1.82) is 0 Å². The topological polar surface area (TPSA) is 86.3 Å². The first-order chi connectivity index (χ1) is 16.5. The van der Waals surface area contributed by atoms with Crippen molar-refractivity contribution in [2.45, 2.75) is 25.4 Å². The standard InChI is InChI=1S/C25H25BrN2O6/c1-28-9-8-16-17(22(31-2)24-23(20(16)26)33-13-34-24)12-18(28)21(29)14-5-3-6-15(11-14)27-25(30)19-7-4-10-32-19/h3,5-6,11-12,19H,4,7-10,13H2,1-2H3,(H,27,30). The van der Waals surface area contributed by atoms with Crippen LogP contribution >= 0.6 is 15.9 Å². The van der Waals surface area contributed by atoms with Crippen LogP contribution in [-0.4, -0.2) is 56.8 Å². The van der Waals surface area contributed by atoms with Gasteiger partial charge in [-0.15, -0.1) is 0 Å². The number of anilines is 1. The van der Waals surface area contributed by atoms with Gasteiger partial charge in [0.25, 0.3) is 5.91 Å². The zero-order valence-corrected chi connectivity index (χ0v) is 20.6. The third-order valence-corrected chi connectivity index (χ3v) is 7.13. The number of nitrogens with one attached hydrogen (secondary N) is 1. The first-order valence-electron chi connectivity index (χ1n) is 11.2. The van der Waals surface area contributed by atoms with Crippen molar-refractivity contribution in [3.05, 3.63) is 51.1 Å². The largest absolute Gasteiger partial charge is 0.492 e. The van der Waals surface area contributed by atoms with Crippen LogP contribution in [0.3, 0.4) is 0 Å². The lowest BCUT2D eigenvalue weighted by atomic mass is 10.0. The van der Waals surface area contributed by atoms with Gasteiger partial charge in [-0.2, -0.15) is 0 Å². The Balaban J connectivity index is 1.49. The molecule has 34 heavy (non-hydrogen) atoms. The number of methoxy groups -OCH3 is 1. The van der Waals surface area contributed by atoms with Crippen LogP contribution in [-0.2, 0) is 16.0 Å². The third-order valence-electron chi connectivity index (χ3n) is 6.29. The van der Waals surface area contributed by atoms with E-state index in [4.69, 9.17) is 18.9 Å². The molecular weight excluding hydrogens is 504 g/mol. The molecule has 178 valence electrons. The third kappa shape index (κ3) is 4.03. The summed E-state index contributed by atoms with van der Waals surface area (Å²) in [6.07, 6.45) is 3.67. The number of carbonyl (C=O) groups is 2. The fourth-order valence-electron chi connectivity index (χ4n) is 4.50. The maximum absolute atomic E-state index is 13.6. The first kappa shape index (κ1) is 22.7. The predicted molar refractivity (Wildman–Crippen MR) is 130 cm³/mol. The average molecular weight is 529 g/mol. The highest BCUT2D eigenvalue weighted by molar-refractivity contribution is 9.10. The molecule has 5 rings (SSSR count). The van der Waals surface area contributed by atoms with E-state index in [1.54, 1.807) is 31.4 Å². The number of rotatable bonds is 5. The Morgan fingerprint density at radius 3 is 2.82 bits per heavy atom. The molecule has 3 heterocycles. The Kier molecular flexibility index (Phi) is 6.22. The summed E-state index contributed by atoms with van der Waals surface area (Å²) in [6.45, 7) is 1.34. The Morgan fingerprint density at radius 1 is 1.24 bits per heavy atom. The molecule has 0 radical (unpaired) electrons. The molecule has 9 heteroatoms. The molecule has 0 aromatic heterocycles. The number of Topliss-reactive ketones (excluding diaryl/α,β-unsaturated/α-hetero) is 1. The van der Waals surface area contributed by atoms with E-state index in [9.17, 15) is 9.59 Å². The molecular formula is C25H25BrN2O6. The number of amides is 1. The number of likely N-dealkylation sites (N-methyl/N-ethyl adjacent to an activating group) is 1. The van der Waals surface area contributed by atoms with Crippen molar-refractivity contribution < 1.29 is 28.5 Å². The molecule has 1 atom stereocenters. The van der Waals surface area contributed by atoms with Crippen molar-refractivity contribution in [3.63, 3.8) is 0 Å². The van der Waals surface area contributed by atoms with E-state index < -0.39 is 6.10 Å². The number of ether oxygens (including phenoxy) is 4. The number of fused-ring (bicyclic) bond motifs is 2. The minimum atomic E-state index is -0.439. The Hall–Kier alpha value is -3.04. The number of hydrogen-bond acceptors (Lipinski definition) is 7. The van der Waals surface area contributed by atoms with Gasteiger partial charge in [0.2, 0.25) is 18.3 Å². The summed E-state index contributed by atoms with van der Waals surface area (Å²) in [4.78, 5) is 28.0. The molecule has 0 aliphatic carbocycles. The quantitative estimate of drug-likeness (QED) is 0.586. The molecule has 0 spiro atoms. The molecule has 1 saturated heterocycles. The highest BCUT2D eigenvalue weighted by Gasteiger charge is 2.32. The summed E-state index contributed by atoms with van der Waals surface area (Å²) in [7, 11) is 3.47. The molecule has 1 fully saturated rings. The van der Waals surface area contributed by atoms with Gasteiger partial charge in [0, 0.05) is 37.0 Å². The van der Waals surface area contributed by atoms with E-state index in [0.717, 1.165) is 22.0 Å². The van der Waals surface area contributed by atoms with Gasteiger partial charge in [-0.25, -0.2) is 0 Å². The van der Waals surface area contributed by atoms with E-state index in [1.165, 1.54) is 0 Å². The van der Waals surface area contributed by atoms with E-state index in [0.29, 0.717) is 60.2 Å². The van der Waals surface area contributed by atoms with E-state index >= 15 is 0 Å². The van der Waals surface area contributed by atoms with Crippen molar-refractivity contribution in [2.24, 2.45) is 0 Å². The van der Waals surface area contributed by atoms with Gasteiger partial charge >= 0.3 is 0 Å². The second kappa shape index (κ2) is 9.31. The summed E-state index contributed by atoms with van der Waals surface area (Å²) < 4.78 is 23.2. The second-order valence-corrected chi connectivity index (χ2v) is 9.20. The Labute approximate surface area is 205 Å². The molecule has 1 N–H and O–H groups in total. The van der Waals surface area contributed by atoms with Gasteiger partial charge in [0.05, 0.1) is 17.3 Å². The molecule has 2 aromatic rings. The second-order valence-electron chi connectivity index (χ2n) is 8.41. The van der Waals surface area contributed by atoms with E-state index in [1.807, 2.05) is 18.0 Å². The molecule has 3 aliphatic heterocycles. The fraction of sp³-hybridized carbons (Fsp3) is 0.360. The van der Waals surface area contributed by atoms with Crippen molar-refractivity contribution in [1.82, 2.24) is 4.90 Å². The van der Waals surface area contributed by atoms with Gasteiger partial charge in [-0.05, 0) is 59.0 Å². The van der Waals surface area contributed by atoms with Crippen LogP contribution in [0.2, 0.25) is 0 Å². The summed E-state index contributed by atoms with van der Waals surface area (Å²) >= 11 is 3.65. The number of allylic oxidation sites excluding steroid dienone is 1. The van der Waals surface area contributed by atoms with Crippen molar-refractivity contribution in [2.75, 3.05) is 39.4 Å². The van der Waals surface area contributed by atoms with Crippen LogP contribution in [0.1, 0.15) is 34.3 Å². The van der Waals surface area contributed by atoms with Gasteiger partial charge in [0.1, 0.15) is 6.10 Å². The van der Waals surface area contributed by atoms with Crippen LogP contribution in [0, 0.1) is 0 Å². The van der Waals surface area contributed by atoms with Gasteiger partial charge < -0.3 is 29.2 Å². The number of ketones is 1. The summed E-state index contributed by atoms with van der Waals surface area (Å²) in [5.74, 6) is 1.35. The van der Waals surface area contributed by atoms with Gasteiger partial charge in [-0.1, -0.05) is 12.1 Å². The molecule has 2 aromatic carbocycles. The lowest BCUT2D eigenvalue weighted by Crippen LogP contribution is -2.27. The molecule has 0 bridgehead atoms. The molecule has 1 unspecified atom stereocenters. The van der Waals surface area contributed by atoms with E-state index in [-0.39, 0.29) is 18.5 Å². The number of halogens is 1. The van der Waals surface area contributed by atoms with Crippen molar-refractivity contribution in [3.8, 4) is 17.2 Å². The number of benzene rings is 2. The van der Waals surface area contributed by atoms with Crippen LogP contribution < -0.4 is 19.5 Å². The van der Waals surface area contributed by atoms with Crippen LogP contribution in [0.15, 0.2) is 34.4 Å². The van der Waals surface area contributed by atoms with E-state index in [2.05, 4.69) is 21.2 Å². The maximum atomic E-state index is 13.6. The zero-order chi connectivity index (χ0) is 23.8. The first-order valence-corrected chi connectivity index (χ1v) is 11.9. The normalized spacial score (nSPS) is 18.7. The average Bonchev–Trinajstić information content (AvgIpc) is 3.52. The Bertz CT molecular complexity index is 1190. The van der Waals surface area contributed by atoms with Crippen LogP contribution in [0.4, 0.5) is 5.69 Å². The molecule has 3 aliphatic rings. The molecule has 8 nitrogen and oxygen atoms in total. The molecule has 0 saturated carbocycles. The summed E-state index contributed by atoms with van der Waals surface area (Å²) in [5, 5.41) is 2.87. The fourth-order valence-corrected chi connectivity index (χ4v) is 5.21. The smallest absolute Gasteiger partial charge is 0.253 e. The zero-order valence-electron chi connectivity index (χ0n) is 19.0. The molecule has 1 amide bonds. The predicted octanol–water partition coefficient (Wildman–Crippen LogP) is 4.02. The highest BCUT2D eigenvalue weighted by Crippen LogP contribution is 2.51. The summed E-state index contributed by atoms with van der Waals surface area (Å²) in [5.41, 5.74) is 3.34. The number of nitrogens with zero attached hydrogens (tertiary/aromatic N) is 1. The summed E-state index contributed by atoms with van der Waals surface area (Å²) in [6, 6.07) is 6.98. The number of carbonyl (C=O) groups excluding carboxylic acids is 2. The maximum Gasteiger partial charge on any atom is 0.253 e. The highest BCUT2D eigenvalue weighted by atomic mass is 79.9. The number of hydrogen-bond donors (Lipinski definition) is 1. The van der Waals surface area contributed by atoms with Crippen molar-refractivity contribution >= 4 is 39.4 Å². The van der Waals surface area contributed by atoms with Gasteiger partial charge in [0.15, 0.2) is 11.5 Å². The Morgan fingerprint density at radius 2 is 2.06 bits per heavy atom.